The molecule has 17 heavy (non-hydrogen) atoms. The highest BCUT2D eigenvalue weighted by Crippen LogP contribution is 2.36. The first-order valence-corrected chi connectivity index (χ1v) is 5.86. The minimum atomic E-state index is -0.686. The third-order valence-corrected chi connectivity index (χ3v) is 2.54. The molecule has 4 nitrogen and oxygen atoms in total. The molecule has 0 bridgehead atoms. The SMILES string of the molecule is CC(C)OCC(O)c1cccc2c1OCCO2. The molecule has 2 rings (SSSR count). The molecule has 1 N–H and O–H groups in total. The summed E-state index contributed by atoms with van der Waals surface area (Å²) >= 11 is 0. The molecule has 94 valence electrons. The molecular weight excluding hydrogens is 220 g/mol. The first-order valence-electron chi connectivity index (χ1n) is 5.86. The van der Waals surface area contributed by atoms with Crippen LogP contribution in [-0.4, -0.2) is 31.0 Å². The topological polar surface area (TPSA) is 47.9 Å². The average molecular weight is 238 g/mol. The van der Waals surface area contributed by atoms with Crippen molar-refractivity contribution in [3.05, 3.63) is 23.8 Å². The third kappa shape index (κ3) is 2.90. The fraction of sp³-hybridized carbons (Fsp3) is 0.538. The van der Waals surface area contributed by atoms with Crippen molar-refractivity contribution in [1.82, 2.24) is 0 Å². The Labute approximate surface area is 101 Å². The van der Waals surface area contributed by atoms with Gasteiger partial charge in [-0.25, -0.2) is 0 Å². The maximum Gasteiger partial charge on any atom is 0.167 e. The maximum atomic E-state index is 10.1. The first kappa shape index (κ1) is 12.2. The van der Waals surface area contributed by atoms with Crippen molar-refractivity contribution in [2.45, 2.75) is 26.1 Å². The van der Waals surface area contributed by atoms with Crippen LogP contribution >= 0.6 is 0 Å². The molecule has 0 aliphatic carbocycles. The summed E-state index contributed by atoms with van der Waals surface area (Å²) in [7, 11) is 0. The van der Waals surface area contributed by atoms with E-state index in [1.54, 1.807) is 0 Å². The molecular formula is C13H18O4. The Balaban J connectivity index is 2.14. The molecule has 1 aliphatic heterocycles. The van der Waals surface area contributed by atoms with Gasteiger partial charge in [0.2, 0.25) is 0 Å². The third-order valence-electron chi connectivity index (χ3n) is 2.54. The van der Waals surface area contributed by atoms with Crippen molar-refractivity contribution >= 4 is 0 Å². The van der Waals surface area contributed by atoms with Gasteiger partial charge in [0, 0.05) is 5.56 Å². The van der Waals surface area contributed by atoms with Gasteiger partial charge in [-0.2, -0.15) is 0 Å². The molecule has 1 aliphatic rings. The second kappa shape index (κ2) is 5.38. The zero-order valence-electron chi connectivity index (χ0n) is 10.2. The van der Waals surface area contributed by atoms with Gasteiger partial charge in [-0.1, -0.05) is 12.1 Å². The molecule has 1 atom stereocenters. The van der Waals surface area contributed by atoms with Gasteiger partial charge in [0.05, 0.1) is 12.7 Å². The number of hydrogen-bond donors (Lipinski definition) is 1. The summed E-state index contributed by atoms with van der Waals surface area (Å²) in [5.74, 6) is 1.33. The van der Waals surface area contributed by atoms with E-state index in [4.69, 9.17) is 14.2 Å². The zero-order chi connectivity index (χ0) is 12.3. The fourth-order valence-corrected chi connectivity index (χ4v) is 1.73. The number of aliphatic hydroxyl groups excluding tert-OH is 1. The largest absolute Gasteiger partial charge is 0.486 e. The van der Waals surface area contributed by atoms with Crippen molar-refractivity contribution in [1.29, 1.82) is 0 Å². The van der Waals surface area contributed by atoms with Crippen molar-refractivity contribution in [2.75, 3.05) is 19.8 Å². The highest BCUT2D eigenvalue weighted by Gasteiger charge is 2.20. The Kier molecular flexibility index (Phi) is 3.86. The summed E-state index contributed by atoms with van der Waals surface area (Å²) in [5.41, 5.74) is 0.725. The van der Waals surface area contributed by atoms with Crippen LogP contribution in [0.5, 0.6) is 11.5 Å². The molecule has 0 amide bonds. The van der Waals surface area contributed by atoms with Gasteiger partial charge in [0.1, 0.15) is 19.3 Å². The van der Waals surface area contributed by atoms with E-state index in [9.17, 15) is 5.11 Å². The highest BCUT2D eigenvalue weighted by atomic mass is 16.6. The Morgan fingerprint density at radius 2 is 2.06 bits per heavy atom. The summed E-state index contributed by atoms with van der Waals surface area (Å²) < 4.78 is 16.4. The normalized spacial score (nSPS) is 16.0. The van der Waals surface area contributed by atoms with E-state index in [0.29, 0.717) is 24.7 Å². The Hall–Kier alpha value is -1.26. The van der Waals surface area contributed by atoms with Crippen LogP contribution in [0.2, 0.25) is 0 Å². The summed E-state index contributed by atoms with van der Waals surface area (Å²) in [6.07, 6.45) is -0.588. The number of benzene rings is 1. The molecule has 0 radical (unpaired) electrons. The number of rotatable bonds is 4. The summed E-state index contributed by atoms with van der Waals surface area (Å²) in [5, 5.41) is 10.1. The van der Waals surface area contributed by atoms with Crippen molar-refractivity contribution in [2.24, 2.45) is 0 Å². The van der Waals surface area contributed by atoms with E-state index < -0.39 is 6.10 Å². The summed E-state index contributed by atoms with van der Waals surface area (Å²) in [6.45, 7) is 5.20. The van der Waals surface area contributed by atoms with Gasteiger partial charge in [-0.15, -0.1) is 0 Å². The highest BCUT2D eigenvalue weighted by molar-refractivity contribution is 5.48. The number of hydrogen-bond acceptors (Lipinski definition) is 4. The Bertz CT molecular complexity index is 376. The molecule has 1 unspecified atom stereocenters. The lowest BCUT2D eigenvalue weighted by Gasteiger charge is -2.23. The predicted octanol–water partition coefficient (Wildman–Crippen LogP) is 1.92. The monoisotopic (exact) mass is 238 g/mol. The van der Waals surface area contributed by atoms with Crippen molar-refractivity contribution < 1.29 is 19.3 Å². The van der Waals surface area contributed by atoms with Crippen LogP contribution in [0.1, 0.15) is 25.5 Å². The molecule has 4 heteroatoms. The number of ether oxygens (including phenoxy) is 3. The standard InChI is InChI=1S/C13H18O4/c1-9(2)17-8-11(14)10-4-3-5-12-13(10)16-7-6-15-12/h3-5,9,11,14H,6-8H2,1-2H3. The number of para-hydroxylation sites is 1. The van der Waals surface area contributed by atoms with Gasteiger partial charge in [0.25, 0.3) is 0 Å². The van der Waals surface area contributed by atoms with Crippen LogP contribution in [0, 0.1) is 0 Å². The smallest absolute Gasteiger partial charge is 0.167 e. The summed E-state index contributed by atoms with van der Waals surface area (Å²) in [4.78, 5) is 0. The van der Waals surface area contributed by atoms with Crippen molar-refractivity contribution in [3.63, 3.8) is 0 Å². The van der Waals surface area contributed by atoms with E-state index in [0.717, 1.165) is 5.56 Å². The first-order chi connectivity index (χ1) is 8.18. The Morgan fingerprint density at radius 3 is 2.82 bits per heavy atom. The lowest BCUT2D eigenvalue weighted by molar-refractivity contribution is 0.00316. The number of aliphatic hydroxyl groups is 1. The van der Waals surface area contributed by atoms with Crippen LogP contribution in [0.25, 0.3) is 0 Å². The van der Waals surface area contributed by atoms with Crippen LogP contribution < -0.4 is 9.47 Å². The molecule has 1 heterocycles. The molecule has 0 saturated carbocycles. The van der Waals surface area contributed by atoms with E-state index >= 15 is 0 Å². The summed E-state index contributed by atoms with van der Waals surface area (Å²) in [6, 6.07) is 5.53. The fourth-order valence-electron chi connectivity index (χ4n) is 1.73. The molecule has 1 aromatic rings. The zero-order valence-corrected chi connectivity index (χ0v) is 10.2. The molecule has 0 aromatic heterocycles. The van der Waals surface area contributed by atoms with Crippen molar-refractivity contribution in [3.8, 4) is 11.5 Å². The van der Waals surface area contributed by atoms with Gasteiger partial charge >= 0.3 is 0 Å². The van der Waals surface area contributed by atoms with Crippen LogP contribution in [0.4, 0.5) is 0 Å². The van der Waals surface area contributed by atoms with Gasteiger partial charge < -0.3 is 19.3 Å². The van der Waals surface area contributed by atoms with E-state index in [-0.39, 0.29) is 12.7 Å². The molecule has 0 saturated heterocycles. The maximum absolute atomic E-state index is 10.1. The van der Waals surface area contributed by atoms with Crippen LogP contribution in [0.3, 0.4) is 0 Å². The predicted molar refractivity (Wildman–Crippen MR) is 63.5 cm³/mol. The molecule has 0 spiro atoms. The van der Waals surface area contributed by atoms with E-state index in [2.05, 4.69) is 0 Å². The average Bonchev–Trinajstić information content (AvgIpc) is 2.35. The van der Waals surface area contributed by atoms with Gasteiger partial charge in [-0.3, -0.25) is 0 Å². The molecule has 0 fully saturated rings. The van der Waals surface area contributed by atoms with Gasteiger partial charge in [-0.05, 0) is 19.9 Å². The lowest BCUT2D eigenvalue weighted by Crippen LogP contribution is -2.19. The van der Waals surface area contributed by atoms with Crippen LogP contribution in [0.15, 0.2) is 18.2 Å². The minimum absolute atomic E-state index is 0.0985. The lowest BCUT2D eigenvalue weighted by atomic mass is 10.1. The van der Waals surface area contributed by atoms with E-state index in [1.807, 2.05) is 32.0 Å². The number of fused-ring (bicyclic) bond motifs is 1. The Morgan fingerprint density at radius 1 is 1.29 bits per heavy atom. The molecule has 1 aromatic carbocycles. The second-order valence-corrected chi connectivity index (χ2v) is 4.27. The van der Waals surface area contributed by atoms with Gasteiger partial charge in [0.15, 0.2) is 11.5 Å². The van der Waals surface area contributed by atoms with E-state index in [1.165, 1.54) is 0 Å². The minimum Gasteiger partial charge on any atom is -0.486 e. The quantitative estimate of drug-likeness (QED) is 0.870. The van der Waals surface area contributed by atoms with Crippen LogP contribution in [-0.2, 0) is 4.74 Å². The second-order valence-electron chi connectivity index (χ2n) is 4.27.